The van der Waals surface area contributed by atoms with Gasteiger partial charge in [-0.15, -0.1) is 0 Å². The highest BCUT2D eigenvalue weighted by Crippen LogP contribution is 2.11. The van der Waals surface area contributed by atoms with Crippen molar-refractivity contribution in [2.75, 3.05) is 6.54 Å². The number of hydrogen-bond donors (Lipinski definition) is 1. The zero-order chi connectivity index (χ0) is 14.3. The van der Waals surface area contributed by atoms with E-state index in [0.717, 1.165) is 31.7 Å². The van der Waals surface area contributed by atoms with E-state index in [1.807, 2.05) is 0 Å². The van der Waals surface area contributed by atoms with Gasteiger partial charge in [0.25, 0.3) is 0 Å². The summed E-state index contributed by atoms with van der Waals surface area (Å²) >= 11 is 0. The molecule has 0 aliphatic carbocycles. The van der Waals surface area contributed by atoms with Gasteiger partial charge in [-0.1, -0.05) is 38.3 Å². The van der Waals surface area contributed by atoms with Gasteiger partial charge in [0, 0.05) is 6.54 Å². The summed E-state index contributed by atoms with van der Waals surface area (Å²) in [5, 5.41) is 10.7. The molecule has 1 aromatic carbocycles. The van der Waals surface area contributed by atoms with Gasteiger partial charge in [0.2, 0.25) is 10.0 Å². The first kappa shape index (κ1) is 15.7. The zero-order valence-corrected chi connectivity index (χ0v) is 11.7. The topological polar surface area (TPSA) is 86.3 Å². The van der Waals surface area contributed by atoms with Gasteiger partial charge >= 0.3 is 0 Å². The predicted octanol–water partition coefficient (Wildman–Crippen LogP) is 0.909. The molecule has 0 saturated carbocycles. The second-order valence-corrected chi connectivity index (χ2v) is 6.04. The van der Waals surface area contributed by atoms with Crippen LogP contribution in [0.3, 0.4) is 0 Å². The Kier molecular flexibility index (Phi) is 5.98. The van der Waals surface area contributed by atoms with Gasteiger partial charge in [-0.2, -0.15) is 0 Å². The third-order valence-electron chi connectivity index (χ3n) is 2.70. The lowest BCUT2D eigenvalue weighted by atomic mass is 10.2. The Morgan fingerprint density at radius 2 is 2.00 bits per heavy atom. The quantitative estimate of drug-likeness (QED) is 0.719. The molecule has 1 N–H and O–H groups in total. The van der Waals surface area contributed by atoms with Gasteiger partial charge < -0.3 is 9.90 Å². The van der Waals surface area contributed by atoms with Crippen molar-refractivity contribution in [3.05, 3.63) is 29.8 Å². The third kappa shape index (κ3) is 5.00. The van der Waals surface area contributed by atoms with Crippen LogP contribution >= 0.6 is 0 Å². The smallest absolute Gasteiger partial charge is 0.240 e. The van der Waals surface area contributed by atoms with Gasteiger partial charge in [0.15, 0.2) is 0 Å². The average molecular weight is 284 g/mol. The first-order valence-electron chi connectivity index (χ1n) is 6.28. The molecule has 0 aliphatic heterocycles. The molecule has 0 radical (unpaired) electrons. The van der Waals surface area contributed by atoms with Crippen molar-refractivity contribution in [2.45, 2.75) is 37.5 Å². The number of carbonyl (C=O) groups is 1. The number of hydrogen-bond acceptors (Lipinski definition) is 4. The average Bonchev–Trinajstić information content (AvgIpc) is 2.38. The monoisotopic (exact) mass is 284 g/mol. The number of carbonyl (C=O) groups excluding carboxylic acids is 1. The van der Waals surface area contributed by atoms with E-state index in [0.29, 0.717) is 6.54 Å². The summed E-state index contributed by atoms with van der Waals surface area (Å²) in [4.78, 5) is 10.6. The molecular formula is C13H18NO4S-. The summed E-state index contributed by atoms with van der Waals surface area (Å²) < 4.78 is 26.3. The van der Waals surface area contributed by atoms with Gasteiger partial charge in [-0.3, -0.25) is 0 Å². The lowest BCUT2D eigenvalue weighted by molar-refractivity contribution is -0.255. The van der Waals surface area contributed by atoms with Crippen LogP contribution in [0.25, 0.3) is 0 Å². The fraction of sp³-hybridized carbons (Fsp3) is 0.462. The number of carboxylic acid groups (broad SMARTS) is 1. The zero-order valence-electron chi connectivity index (χ0n) is 10.9. The maximum atomic E-state index is 11.9. The van der Waals surface area contributed by atoms with Crippen molar-refractivity contribution < 1.29 is 18.3 Å². The molecule has 5 nitrogen and oxygen atoms in total. The normalized spacial score (nSPS) is 11.4. The number of nitrogens with one attached hydrogen (secondary N) is 1. The minimum absolute atomic E-state index is 0.0512. The molecule has 0 heterocycles. The summed E-state index contributed by atoms with van der Waals surface area (Å²) in [6.45, 7) is 2.44. The summed E-state index contributed by atoms with van der Waals surface area (Å²) in [7, 11) is -3.64. The molecule has 0 spiro atoms. The molecule has 0 amide bonds. The van der Waals surface area contributed by atoms with Crippen molar-refractivity contribution in [3.63, 3.8) is 0 Å². The SMILES string of the molecule is CCCCCCNS(=O)(=O)c1cccc(C(=O)[O-])c1. The van der Waals surface area contributed by atoms with Gasteiger partial charge in [-0.05, 0) is 24.1 Å². The molecule has 0 bridgehead atoms. The van der Waals surface area contributed by atoms with Crippen LogP contribution in [0.1, 0.15) is 43.0 Å². The summed E-state index contributed by atoms with van der Waals surface area (Å²) in [6.07, 6.45) is 3.90. The van der Waals surface area contributed by atoms with Crippen molar-refractivity contribution in [1.82, 2.24) is 4.72 Å². The number of benzene rings is 1. The number of aromatic carboxylic acids is 1. The molecular weight excluding hydrogens is 266 g/mol. The lowest BCUT2D eigenvalue weighted by Gasteiger charge is -2.08. The second-order valence-electron chi connectivity index (χ2n) is 4.27. The van der Waals surface area contributed by atoms with Crippen LogP contribution < -0.4 is 9.83 Å². The predicted molar refractivity (Wildman–Crippen MR) is 70.1 cm³/mol. The molecule has 0 aromatic heterocycles. The Morgan fingerprint density at radius 3 is 2.63 bits per heavy atom. The van der Waals surface area contributed by atoms with Crippen molar-refractivity contribution in [1.29, 1.82) is 0 Å². The molecule has 0 aliphatic rings. The second kappa shape index (κ2) is 7.25. The van der Waals surface area contributed by atoms with Crippen LogP contribution in [0.15, 0.2) is 29.2 Å². The minimum Gasteiger partial charge on any atom is -0.545 e. The number of carboxylic acids is 1. The van der Waals surface area contributed by atoms with E-state index in [9.17, 15) is 18.3 Å². The summed E-state index contributed by atoms with van der Waals surface area (Å²) in [5.74, 6) is -1.39. The Morgan fingerprint density at radius 1 is 1.26 bits per heavy atom. The van der Waals surface area contributed by atoms with Crippen LogP contribution in [-0.4, -0.2) is 20.9 Å². The molecule has 6 heteroatoms. The van der Waals surface area contributed by atoms with E-state index in [-0.39, 0.29) is 10.5 Å². The van der Waals surface area contributed by atoms with E-state index in [4.69, 9.17) is 0 Å². The van der Waals surface area contributed by atoms with Crippen molar-refractivity contribution in [3.8, 4) is 0 Å². The van der Waals surface area contributed by atoms with E-state index in [2.05, 4.69) is 11.6 Å². The van der Waals surface area contributed by atoms with Crippen LogP contribution in [0.2, 0.25) is 0 Å². The van der Waals surface area contributed by atoms with E-state index in [1.54, 1.807) is 0 Å². The molecule has 19 heavy (non-hydrogen) atoms. The standard InChI is InChI=1S/C13H19NO4S/c1-2-3-4-5-9-14-19(17,18)12-8-6-7-11(10-12)13(15)16/h6-8,10,14H,2-5,9H2,1H3,(H,15,16)/p-1. The fourth-order valence-electron chi connectivity index (χ4n) is 1.63. The highest BCUT2D eigenvalue weighted by atomic mass is 32.2. The Bertz CT molecular complexity index is 525. The highest BCUT2D eigenvalue weighted by molar-refractivity contribution is 7.89. The Labute approximate surface area is 113 Å². The molecule has 1 aromatic rings. The third-order valence-corrected chi connectivity index (χ3v) is 4.16. The lowest BCUT2D eigenvalue weighted by Crippen LogP contribution is -2.26. The summed E-state index contributed by atoms with van der Waals surface area (Å²) in [6, 6.07) is 5.15. The minimum atomic E-state index is -3.64. The highest BCUT2D eigenvalue weighted by Gasteiger charge is 2.13. The molecule has 0 fully saturated rings. The molecule has 0 saturated heterocycles. The molecule has 0 atom stereocenters. The van der Waals surface area contributed by atoms with Crippen molar-refractivity contribution in [2.24, 2.45) is 0 Å². The first-order chi connectivity index (χ1) is 8.97. The fourth-order valence-corrected chi connectivity index (χ4v) is 2.75. The molecule has 1 rings (SSSR count). The maximum absolute atomic E-state index is 11.9. The Hall–Kier alpha value is -1.40. The van der Waals surface area contributed by atoms with E-state index >= 15 is 0 Å². The van der Waals surface area contributed by atoms with E-state index < -0.39 is 16.0 Å². The van der Waals surface area contributed by atoms with Crippen LogP contribution in [0.4, 0.5) is 0 Å². The van der Waals surface area contributed by atoms with Crippen LogP contribution in [0, 0.1) is 0 Å². The van der Waals surface area contributed by atoms with Crippen LogP contribution in [0.5, 0.6) is 0 Å². The molecule has 0 unspecified atom stereocenters. The largest absolute Gasteiger partial charge is 0.545 e. The molecule has 106 valence electrons. The maximum Gasteiger partial charge on any atom is 0.240 e. The van der Waals surface area contributed by atoms with E-state index in [1.165, 1.54) is 18.2 Å². The van der Waals surface area contributed by atoms with Crippen LogP contribution in [-0.2, 0) is 10.0 Å². The Balaban J connectivity index is 2.66. The van der Waals surface area contributed by atoms with Gasteiger partial charge in [0.05, 0.1) is 10.9 Å². The van der Waals surface area contributed by atoms with Crippen molar-refractivity contribution >= 4 is 16.0 Å². The van der Waals surface area contributed by atoms with Gasteiger partial charge in [0.1, 0.15) is 0 Å². The number of unbranched alkanes of at least 4 members (excludes halogenated alkanes) is 3. The first-order valence-corrected chi connectivity index (χ1v) is 7.77. The number of rotatable bonds is 8. The number of sulfonamides is 1. The van der Waals surface area contributed by atoms with Gasteiger partial charge in [-0.25, -0.2) is 13.1 Å². The summed E-state index contributed by atoms with van der Waals surface area (Å²) in [5.41, 5.74) is -0.145.